The lowest BCUT2D eigenvalue weighted by Crippen LogP contribution is -2.37. The lowest BCUT2D eigenvalue weighted by molar-refractivity contribution is -0.170. The Morgan fingerprint density at radius 1 is 1.36 bits per heavy atom. The van der Waals surface area contributed by atoms with Gasteiger partial charge in [0, 0.05) is 0 Å². The highest BCUT2D eigenvalue weighted by molar-refractivity contribution is 6.20. The summed E-state index contributed by atoms with van der Waals surface area (Å²) in [4.78, 5) is 22.7. The monoisotopic (exact) mass is 222 g/mol. The van der Waals surface area contributed by atoms with Gasteiger partial charge in [-0.1, -0.05) is 11.6 Å². The topological polar surface area (TPSA) is 52.6 Å². The van der Waals surface area contributed by atoms with Gasteiger partial charge in [0.25, 0.3) is 0 Å². The van der Waals surface area contributed by atoms with Crippen LogP contribution in [0.3, 0.4) is 0 Å². The quantitative estimate of drug-likeness (QED) is 0.413. The Morgan fingerprint density at radius 3 is 2.21 bits per heavy atom. The Kier molecular flexibility index (Phi) is 4.91. The number of halogens is 1. The summed E-state index contributed by atoms with van der Waals surface area (Å²) in [6.45, 7) is 6.27. The fourth-order valence-corrected chi connectivity index (χ4v) is 0.771. The molecule has 0 rings (SSSR count). The van der Waals surface area contributed by atoms with Crippen molar-refractivity contribution >= 4 is 23.5 Å². The zero-order valence-corrected chi connectivity index (χ0v) is 9.55. The first kappa shape index (κ1) is 13.2. The molecule has 0 bridgehead atoms. The van der Waals surface area contributed by atoms with E-state index >= 15 is 0 Å². The van der Waals surface area contributed by atoms with Gasteiger partial charge in [-0.05, 0) is 27.7 Å². The predicted octanol–water partition coefficient (Wildman–Crippen LogP) is 1.70. The molecule has 0 saturated heterocycles. The molecule has 0 aliphatic carbocycles. The number of hydrogen-bond donors (Lipinski definition) is 0. The van der Waals surface area contributed by atoms with Gasteiger partial charge in [-0.2, -0.15) is 0 Å². The van der Waals surface area contributed by atoms with E-state index in [0.29, 0.717) is 0 Å². The second-order valence-corrected chi connectivity index (χ2v) is 3.91. The van der Waals surface area contributed by atoms with Crippen molar-refractivity contribution in [3.63, 3.8) is 0 Å². The van der Waals surface area contributed by atoms with Gasteiger partial charge in [0.15, 0.2) is 11.0 Å². The summed E-state index contributed by atoms with van der Waals surface area (Å²) in [6.07, 6.45) is 0. The summed E-state index contributed by atoms with van der Waals surface area (Å²) < 4.78 is 9.43. The van der Waals surface area contributed by atoms with Crippen LogP contribution in [0.2, 0.25) is 0 Å². The minimum absolute atomic E-state index is 0.228. The summed E-state index contributed by atoms with van der Waals surface area (Å²) in [5, 5.41) is 0. The standard InChI is InChI=1S/C9H15ClO4/c1-5-13-7(11)9(3,4)8(12)14-6(2)10/h6H,5H2,1-4H3. The van der Waals surface area contributed by atoms with Crippen LogP contribution in [0, 0.1) is 5.41 Å². The van der Waals surface area contributed by atoms with Gasteiger partial charge < -0.3 is 9.47 Å². The molecule has 0 aromatic heterocycles. The highest BCUT2D eigenvalue weighted by atomic mass is 35.5. The highest BCUT2D eigenvalue weighted by Gasteiger charge is 2.39. The van der Waals surface area contributed by atoms with Gasteiger partial charge in [-0.3, -0.25) is 9.59 Å². The van der Waals surface area contributed by atoms with Gasteiger partial charge in [0.2, 0.25) is 0 Å². The molecule has 0 aliphatic rings. The maximum atomic E-state index is 11.4. The first-order chi connectivity index (χ1) is 6.32. The van der Waals surface area contributed by atoms with Crippen molar-refractivity contribution < 1.29 is 19.1 Å². The van der Waals surface area contributed by atoms with Crippen LogP contribution in [0.25, 0.3) is 0 Å². The number of rotatable bonds is 4. The smallest absolute Gasteiger partial charge is 0.324 e. The predicted molar refractivity (Wildman–Crippen MR) is 51.8 cm³/mol. The van der Waals surface area contributed by atoms with Gasteiger partial charge >= 0.3 is 11.9 Å². The summed E-state index contributed by atoms with van der Waals surface area (Å²) in [5.41, 5.74) is -2.06. The summed E-state index contributed by atoms with van der Waals surface area (Å²) >= 11 is 5.47. The number of carbonyl (C=O) groups excluding carboxylic acids is 2. The van der Waals surface area contributed by atoms with E-state index in [4.69, 9.17) is 21.1 Å². The van der Waals surface area contributed by atoms with Crippen molar-refractivity contribution in [2.45, 2.75) is 33.3 Å². The molecule has 14 heavy (non-hydrogen) atoms. The lowest BCUT2D eigenvalue weighted by atomic mass is 9.94. The fourth-order valence-electron chi connectivity index (χ4n) is 0.690. The second kappa shape index (κ2) is 5.20. The Bertz CT molecular complexity index is 223. The molecule has 0 radical (unpaired) electrons. The molecule has 0 heterocycles. The van der Waals surface area contributed by atoms with E-state index in [0.717, 1.165) is 0 Å². The van der Waals surface area contributed by atoms with Gasteiger partial charge in [-0.15, -0.1) is 0 Å². The molecule has 1 unspecified atom stereocenters. The minimum Gasteiger partial charge on any atom is -0.465 e. The molecule has 5 heteroatoms. The van der Waals surface area contributed by atoms with Crippen molar-refractivity contribution in [2.75, 3.05) is 6.61 Å². The molecule has 0 aromatic rings. The van der Waals surface area contributed by atoms with Crippen LogP contribution in [0.4, 0.5) is 0 Å². The molecular weight excluding hydrogens is 208 g/mol. The first-order valence-corrected chi connectivity index (χ1v) is 4.78. The van der Waals surface area contributed by atoms with Crippen molar-refractivity contribution in [2.24, 2.45) is 5.41 Å². The fraction of sp³-hybridized carbons (Fsp3) is 0.778. The SMILES string of the molecule is CCOC(=O)C(C)(C)C(=O)OC(C)Cl. The maximum Gasteiger partial charge on any atom is 0.324 e. The first-order valence-electron chi connectivity index (χ1n) is 4.34. The highest BCUT2D eigenvalue weighted by Crippen LogP contribution is 2.20. The summed E-state index contributed by atoms with van der Waals surface area (Å²) in [7, 11) is 0. The van der Waals surface area contributed by atoms with E-state index in [2.05, 4.69) is 0 Å². The third kappa shape index (κ3) is 3.54. The van der Waals surface area contributed by atoms with Crippen LogP contribution in [0.15, 0.2) is 0 Å². The number of alkyl halides is 1. The molecule has 0 spiro atoms. The number of esters is 2. The Hall–Kier alpha value is -0.770. The third-order valence-corrected chi connectivity index (χ3v) is 1.65. The number of hydrogen-bond acceptors (Lipinski definition) is 4. The van der Waals surface area contributed by atoms with Crippen molar-refractivity contribution in [1.82, 2.24) is 0 Å². The molecule has 0 fully saturated rings. The number of carbonyl (C=O) groups is 2. The summed E-state index contributed by atoms with van der Waals surface area (Å²) in [6, 6.07) is 0. The number of ether oxygens (including phenoxy) is 2. The van der Waals surface area contributed by atoms with Crippen LogP contribution in [0.1, 0.15) is 27.7 Å². The van der Waals surface area contributed by atoms with Crippen LogP contribution >= 0.6 is 11.6 Å². The normalized spacial score (nSPS) is 13.2. The van der Waals surface area contributed by atoms with Crippen LogP contribution < -0.4 is 0 Å². The van der Waals surface area contributed by atoms with Crippen LogP contribution in [-0.2, 0) is 19.1 Å². The third-order valence-electron chi connectivity index (χ3n) is 1.57. The molecule has 0 N–H and O–H groups in total. The molecule has 0 aliphatic heterocycles. The Labute approximate surface area is 88.5 Å². The van der Waals surface area contributed by atoms with Gasteiger partial charge in [-0.25, -0.2) is 0 Å². The van der Waals surface area contributed by atoms with Crippen molar-refractivity contribution in [3.8, 4) is 0 Å². The van der Waals surface area contributed by atoms with E-state index in [-0.39, 0.29) is 6.61 Å². The van der Waals surface area contributed by atoms with Gasteiger partial charge in [0.1, 0.15) is 0 Å². The second-order valence-electron chi connectivity index (χ2n) is 3.29. The molecule has 0 aromatic carbocycles. The Morgan fingerprint density at radius 2 is 1.86 bits per heavy atom. The van der Waals surface area contributed by atoms with E-state index in [1.165, 1.54) is 20.8 Å². The molecule has 0 amide bonds. The molecule has 82 valence electrons. The molecular formula is C9H15ClO4. The van der Waals surface area contributed by atoms with E-state index in [1.807, 2.05) is 0 Å². The van der Waals surface area contributed by atoms with E-state index in [9.17, 15) is 9.59 Å². The van der Waals surface area contributed by atoms with E-state index < -0.39 is 22.9 Å². The van der Waals surface area contributed by atoms with Crippen LogP contribution in [0.5, 0.6) is 0 Å². The van der Waals surface area contributed by atoms with E-state index in [1.54, 1.807) is 6.92 Å². The average molecular weight is 223 g/mol. The van der Waals surface area contributed by atoms with Crippen molar-refractivity contribution in [3.05, 3.63) is 0 Å². The molecule has 1 atom stereocenters. The average Bonchev–Trinajstić information content (AvgIpc) is 2.03. The van der Waals surface area contributed by atoms with Crippen LogP contribution in [-0.4, -0.2) is 24.1 Å². The zero-order valence-electron chi connectivity index (χ0n) is 8.80. The molecule has 0 saturated carbocycles. The summed E-state index contributed by atoms with van der Waals surface area (Å²) in [5.74, 6) is -1.29. The molecule has 4 nitrogen and oxygen atoms in total. The maximum absolute atomic E-state index is 11.4. The minimum atomic E-state index is -1.31. The van der Waals surface area contributed by atoms with Crippen molar-refractivity contribution in [1.29, 1.82) is 0 Å². The largest absolute Gasteiger partial charge is 0.465 e. The zero-order chi connectivity index (χ0) is 11.4. The Balaban J connectivity index is 4.44. The lowest BCUT2D eigenvalue weighted by Gasteiger charge is -2.20. The van der Waals surface area contributed by atoms with Gasteiger partial charge in [0.05, 0.1) is 6.61 Å².